The average molecular weight is 396 g/mol. The molecule has 0 aliphatic heterocycles. The molecule has 28 heavy (non-hydrogen) atoms. The smallest absolute Gasteiger partial charge is 0.416 e. The largest absolute Gasteiger partial charge is 0.497 e. The lowest BCUT2D eigenvalue weighted by atomic mass is 10.1. The van der Waals surface area contributed by atoms with Gasteiger partial charge in [-0.2, -0.15) is 13.2 Å². The first-order valence-corrected chi connectivity index (χ1v) is 8.17. The summed E-state index contributed by atoms with van der Waals surface area (Å²) in [7, 11) is 2.88. The van der Waals surface area contributed by atoms with E-state index in [1.54, 1.807) is 6.07 Å². The van der Waals surface area contributed by atoms with Crippen LogP contribution in [-0.4, -0.2) is 32.6 Å². The zero-order valence-electron chi connectivity index (χ0n) is 15.2. The van der Waals surface area contributed by atoms with E-state index in [9.17, 15) is 22.8 Å². The van der Waals surface area contributed by atoms with Gasteiger partial charge in [0.1, 0.15) is 11.5 Å². The maximum Gasteiger partial charge on any atom is 0.416 e. The highest BCUT2D eigenvalue weighted by Crippen LogP contribution is 2.29. The van der Waals surface area contributed by atoms with Crippen LogP contribution in [0.3, 0.4) is 0 Å². The quantitative estimate of drug-likeness (QED) is 0.755. The molecule has 0 radical (unpaired) electrons. The Labute approximate surface area is 159 Å². The number of alkyl halides is 3. The fourth-order valence-corrected chi connectivity index (χ4v) is 2.32. The summed E-state index contributed by atoms with van der Waals surface area (Å²) in [5.74, 6) is -0.232. The van der Waals surface area contributed by atoms with Crippen molar-refractivity contribution in [2.24, 2.45) is 0 Å². The maximum atomic E-state index is 12.7. The standard InChI is InChI=1S/C19H19F3N2O4/c1-27-15-7-13(8-16(9-15)28-2)18(26)24-11-17(25)23-10-12-4-3-5-14(6-12)19(20,21)22/h3-9H,10-11H2,1-2H3,(H,23,25)(H,24,26). The lowest BCUT2D eigenvalue weighted by Gasteiger charge is -2.11. The van der Waals surface area contributed by atoms with Gasteiger partial charge >= 0.3 is 6.18 Å². The predicted molar refractivity (Wildman–Crippen MR) is 95.2 cm³/mol. The van der Waals surface area contributed by atoms with Crippen LogP contribution in [0, 0.1) is 0 Å². The fourth-order valence-electron chi connectivity index (χ4n) is 2.32. The summed E-state index contributed by atoms with van der Waals surface area (Å²) in [6, 6.07) is 9.21. The molecule has 2 N–H and O–H groups in total. The highest BCUT2D eigenvalue weighted by atomic mass is 19.4. The first kappa shape index (κ1) is 21.1. The molecule has 9 heteroatoms. The molecule has 0 fully saturated rings. The third-order valence-corrected chi connectivity index (χ3v) is 3.77. The van der Waals surface area contributed by atoms with E-state index < -0.39 is 23.6 Å². The highest BCUT2D eigenvalue weighted by Gasteiger charge is 2.30. The summed E-state index contributed by atoms with van der Waals surface area (Å²) in [6.45, 7) is -0.428. The Kier molecular flexibility index (Phi) is 6.86. The van der Waals surface area contributed by atoms with Crippen LogP contribution in [0.25, 0.3) is 0 Å². The third-order valence-electron chi connectivity index (χ3n) is 3.77. The van der Waals surface area contributed by atoms with Crippen LogP contribution in [-0.2, 0) is 17.5 Å². The topological polar surface area (TPSA) is 76.7 Å². The highest BCUT2D eigenvalue weighted by molar-refractivity contribution is 5.97. The van der Waals surface area contributed by atoms with Gasteiger partial charge < -0.3 is 20.1 Å². The van der Waals surface area contributed by atoms with Crippen LogP contribution in [0.1, 0.15) is 21.5 Å². The second-order valence-corrected chi connectivity index (χ2v) is 5.76. The summed E-state index contributed by atoms with van der Waals surface area (Å²) in [5, 5.41) is 4.89. The van der Waals surface area contributed by atoms with E-state index in [2.05, 4.69) is 10.6 Å². The Morgan fingerprint density at radius 1 is 0.964 bits per heavy atom. The molecule has 0 atom stereocenters. The van der Waals surface area contributed by atoms with E-state index in [4.69, 9.17) is 9.47 Å². The van der Waals surface area contributed by atoms with E-state index in [1.165, 1.54) is 38.5 Å². The number of carbonyl (C=O) groups is 2. The molecule has 2 aromatic rings. The molecule has 150 valence electrons. The maximum absolute atomic E-state index is 12.7. The van der Waals surface area contributed by atoms with Crippen molar-refractivity contribution in [2.75, 3.05) is 20.8 Å². The van der Waals surface area contributed by atoms with Gasteiger partial charge in [0, 0.05) is 18.2 Å². The van der Waals surface area contributed by atoms with Gasteiger partial charge in [0.05, 0.1) is 26.3 Å². The van der Waals surface area contributed by atoms with Gasteiger partial charge in [0.25, 0.3) is 5.91 Å². The molecule has 0 heterocycles. The van der Waals surface area contributed by atoms with E-state index in [0.717, 1.165) is 12.1 Å². The van der Waals surface area contributed by atoms with Crippen molar-refractivity contribution in [1.29, 1.82) is 0 Å². The number of carbonyl (C=O) groups excluding carboxylic acids is 2. The molecular weight excluding hydrogens is 377 g/mol. The Morgan fingerprint density at radius 3 is 2.18 bits per heavy atom. The number of methoxy groups -OCH3 is 2. The molecule has 0 aliphatic carbocycles. The molecular formula is C19H19F3N2O4. The van der Waals surface area contributed by atoms with Crippen molar-refractivity contribution >= 4 is 11.8 Å². The first-order chi connectivity index (χ1) is 13.2. The predicted octanol–water partition coefficient (Wildman–Crippen LogP) is 2.77. The van der Waals surface area contributed by atoms with E-state index in [0.29, 0.717) is 17.1 Å². The molecule has 2 amide bonds. The molecule has 0 aromatic heterocycles. The molecule has 0 spiro atoms. The van der Waals surface area contributed by atoms with Crippen LogP contribution in [0.2, 0.25) is 0 Å². The van der Waals surface area contributed by atoms with Crippen molar-refractivity contribution < 1.29 is 32.2 Å². The molecule has 2 aromatic carbocycles. The van der Waals surface area contributed by atoms with Crippen molar-refractivity contribution in [3.8, 4) is 11.5 Å². The Morgan fingerprint density at radius 2 is 1.61 bits per heavy atom. The minimum absolute atomic E-state index is 0.0917. The summed E-state index contributed by atoms with van der Waals surface area (Å²) < 4.78 is 48.2. The van der Waals surface area contributed by atoms with E-state index in [-0.39, 0.29) is 18.7 Å². The number of benzene rings is 2. The molecule has 0 unspecified atom stereocenters. The molecule has 6 nitrogen and oxygen atoms in total. The number of halogens is 3. The molecule has 0 saturated carbocycles. The number of nitrogens with one attached hydrogen (secondary N) is 2. The van der Waals surface area contributed by atoms with Gasteiger partial charge in [-0.1, -0.05) is 12.1 Å². The van der Waals surface area contributed by atoms with E-state index in [1.807, 2.05) is 0 Å². The Bertz CT molecular complexity index is 831. The molecule has 0 bridgehead atoms. The van der Waals surface area contributed by atoms with Crippen LogP contribution in [0.15, 0.2) is 42.5 Å². The molecule has 0 saturated heterocycles. The fraction of sp³-hybridized carbons (Fsp3) is 0.263. The van der Waals surface area contributed by atoms with Gasteiger partial charge in [0.15, 0.2) is 0 Å². The van der Waals surface area contributed by atoms with Crippen LogP contribution in [0.4, 0.5) is 13.2 Å². The Hall–Kier alpha value is -3.23. The molecule has 0 aliphatic rings. The molecule has 2 rings (SSSR count). The Balaban J connectivity index is 1.90. The summed E-state index contributed by atoms with van der Waals surface area (Å²) >= 11 is 0. The summed E-state index contributed by atoms with van der Waals surface area (Å²) in [6.07, 6.45) is -4.45. The van der Waals surface area contributed by atoms with Gasteiger partial charge in [-0.05, 0) is 29.8 Å². The van der Waals surface area contributed by atoms with Gasteiger partial charge in [-0.15, -0.1) is 0 Å². The van der Waals surface area contributed by atoms with Crippen molar-refractivity contribution in [1.82, 2.24) is 10.6 Å². The minimum Gasteiger partial charge on any atom is -0.497 e. The number of amides is 2. The first-order valence-electron chi connectivity index (χ1n) is 8.17. The van der Waals surface area contributed by atoms with Gasteiger partial charge in [-0.3, -0.25) is 9.59 Å². The minimum atomic E-state index is -4.45. The number of ether oxygens (including phenoxy) is 2. The SMILES string of the molecule is COc1cc(OC)cc(C(=O)NCC(=O)NCc2cccc(C(F)(F)F)c2)c1. The number of rotatable bonds is 7. The van der Waals surface area contributed by atoms with Gasteiger partial charge in [0.2, 0.25) is 5.91 Å². The monoisotopic (exact) mass is 396 g/mol. The number of hydrogen-bond acceptors (Lipinski definition) is 4. The second kappa shape index (κ2) is 9.12. The van der Waals surface area contributed by atoms with Crippen LogP contribution >= 0.6 is 0 Å². The van der Waals surface area contributed by atoms with Crippen LogP contribution < -0.4 is 20.1 Å². The average Bonchev–Trinajstić information content (AvgIpc) is 2.69. The lowest BCUT2D eigenvalue weighted by molar-refractivity contribution is -0.137. The van der Waals surface area contributed by atoms with Crippen molar-refractivity contribution in [3.63, 3.8) is 0 Å². The van der Waals surface area contributed by atoms with Crippen LogP contribution in [0.5, 0.6) is 11.5 Å². The zero-order valence-corrected chi connectivity index (χ0v) is 15.2. The van der Waals surface area contributed by atoms with Crippen molar-refractivity contribution in [3.05, 3.63) is 59.2 Å². The lowest BCUT2D eigenvalue weighted by Crippen LogP contribution is -2.36. The normalized spacial score (nSPS) is 10.9. The van der Waals surface area contributed by atoms with Crippen molar-refractivity contribution in [2.45, 2.75) is 12.7 Å². The second-order valence-electron chi connectivity index (χ2n) is 5.76. The summed E-state index contributed by atoms with van der Waals surface area (Å²) in [5.41, 5.74) is -0.256. The van der Waals surface area contributed by atoms with Gasteiger partial charge in [-0.25, -0.2) is 0 Å². The third kappa shape index (κ3) is 5.90. The van der Waals surface area contributed by atoms with E-state index >= 15 is 0 Å². The summed E-state index contributed by atoms with van der Waals surface area (Å²) in [4.78, 5) is 24.1. The zero-order chi connectivity index (χ0) is 20.7. The number of hydrogen-bond donors (Lipinski definition) is 2.